The molecule has 0 aliphatic rings. The van der Waals surface area contributed by atoms with Crippen LogP contribution in [0.5, 0.6) is 0 Å². The quantitative estimate of drug-likeness (QED) is 0.174. The summed E-state index contributed by atoms with van der Waals surface area (Å²) >= 11 is 0. The molecule has 28 heavy (non-hydrogen) atoms. The minimum atomic E-state index is -1.82. The van der Waals surface area contributed by atoms with E-state index < -0.39 is 42.8 Å². The van der Waals surface area contributed by atoms with Crippen LogP contribution in [0.3, 0.4) is 0 Å². The summed E-state index contributed by atoms with van der Waals surface area (Å²) in [5.41, 5.74) is 0. The Morgan fingerprint density at radius 3 is 1.39 bits per heavy atom. The van der Waals surface area contributed by atoms with Gasteiger partial charge in [0.2, 0.25) is 0 Å². The summed E-state index contributed by atoms with van der Waals surface area (Å²) in [6.07, 6.45) is 4.19. The molecule has 0 bridgehead atoms. The van der Waals surface area contributed by atoms with Gasteiger partial charge in [-0.15, -0.1) is 0 Å². The maximum Gasteiger partial charge on any atom is 0.303 e. The van der Waals surface area contributed by atoms with E-state index in [1.165, 1.54) is 0 Å². The second-order valence-electron chi connectivity index (χ2n) is 7.43. The maximum absolute atomic E-state index is 11.8. The van der Waals surface area contributed by atoms with Crippen molar-refractivity contribution in [2.24, 2.45) is 0 Å². The highest BCUT2D eigenvalue weighted by atomic mass is 16.4. The van der Waals surface area contributed by atoms with E-state index in [2.05, 4.69) is 0 Å². The predicted molar refractivity (Wildman–Crippen MR) is 104 cm³/mol. The Bertz CT molecular complexity index is 415. The average Bonchev–Trinajstić information content (AvgIpc) is 2.68. The van der Waals surface area contributed by atoms with Crippen molar-refractivity contribution < 1.29 is 40.2 Å². The monoisotopic (exact) mass is 406 g/mol. The van der Waals surface area contributed by atoms with Crippen molar-refractivity contribution >= 4 is 11.8 Å². The van der Waals surface area contributed by atoms with Crippen LogP contribution in [0.15, 0.2) is 0 Å². The van der Waals surface area contributed by atoms with Gasteiger partial charge >= 0.3 is 5.97 Å². The zero-order chi connectivity index (χ0) is 21.4. The number of aliphatic hydroxyl groups is 5. The van der Waals surface area contributed by atoms with Crippen molar-refractivity contribution in [2.75, 3.05) is 6.61 Å². The highest BCUT2D eigenvalue weighted by molar-refractivity contribution is 5.83. The molecule has 0 unspecified atom stereocenters. The van der Waals surface area contributed by atoms with E-state index in [1.54, 1.807) is 0 Å². The molecular formula is C20H38O8. The Kier molecular flexibility index (Phi) is 16.2. The number of carboxylic acid groups (broad SMARTS) is 1. The number of hydrogen-bond acceptors (Lipinski definition) is 7. The topological polar surface area (TPSA) is 156 Å². The third-order valence-electron chi connectivity index (χ3n) is 4.90. The van der Waals surface area contributed by atoms with Crippen LogP contribution in [0.25, 0.3) is 0 Å². The van der Waals surface area contributed by atoms with Crippen LogP contribution in [-0.2, 0) is 9.59 Å². The van der Waals surface area contributed by atoms with E-state index in [4.69, 9.17) is 10.2 Å². The third-order valence-corrected chi connectivity index (χ3v) is 4.90. The first-order valence-electron chi connectivity index (χ1n) is 10.4. The lowest BCUT2D eigenvalue weighted by Gasteiger charge is -2.24. The molecule has 0 radical (unpaired) electrons. The Balaban J connectivity index is 3.57. The minimum Gasteiger partial charge on any atom is -0.481 e. The summed E-state index contributed by atoms with van der Waals surface area (Å²) in [7, 11) is 0. The fraction of sp³-hybridized carbons (Fsp3) is 0.900. The molecule has 0 rings (SSSR count). The number of aliphatic hydroxyl groups excluding tert-OH is 5. The fourth-order valence-electron chi connectivity index (χ4n) is 3.03. The molecule has 166 valence electrons. The number of ketones is 1. The van der Waals surface area contributed by atoms with Crippen molar-refractivity contribution in [3.8, 4) is 0 Å². The van der Waals surface area contributed by atoms with Gasteiger partial charge in [-0.1, -0.05) is 57.8 Å². The molecule has 0 fully saturated rings. The van der Waals surface area contributed by atoms with Gasteiger partial charge in [0.05, 0.1) is 6.61 Å². The summed E-state index contributed by atoms with van der Waals surface area (Å²) in [6, 6.07) is 0. The lowest BCUT2D eigenvalue weighted by molar-refractivity contribution is -0.147. The molecule has 0 heterocycles. The molecule has 8 heteroatoms. The van der Waals surface area contributed by atoms with Crippen molar-refractivity contribution in [3.05, 3.63) is 0 Å². The van der Waals surface area contributed by atoms with Gasteiger partial charge in [0.25, 0.3) is 0 Å². The second-order valence-corrected chi connectivity index (χ2v) is 7.43. The van der Waals surface area contributed by atoms with E-state index >= 15 is 0 Å². The molecule has 0 aliphatic heterocycles. The predicted octanol–water partition coefficient (Wildman–Crippen LogP) is 1.15. The Hall–Kier alpha value is -1.06. The number of Topliss-reactive ketones (excluding diaryl/α,β-unsaturated/α-hetero) is 1. The summed E-state index contributed by atoms with van der Waals surface area (Å²) in [4.78, 5) is 22.2. The number of unbranched alkanes of at least 4 members (excludes halogenated alkanes) is 10. The standard InChI is InChI=1S/C20H38O8/c21-14-16(23)19(27)20(28)18(26)15(22)12-10-8-6-4-2-1-3-5-7-9-11-13-17(24)25/h16,18-21,23,26-28H,1-14H2,(H,24,25)/t16-,18+,19-,20-/m1/s1. The van der Waals surface area contributed by atoms with Crippen LogP contribution in [0.4, 0.5) is 0 Å². The third kappa shape index (κ3) is 13.2. The zero-order valence-corrected chi connectivity index (χ0v) is 16.7. The lowest BCUT2D eigenvalue weighted by Crippen LogP contribution is -2.48. The summed E-state index contributed by atoms with van der Waals surface area (Å²) in [6.45, 7) is -0.774. The molecule has 0 aromatic heterocycles. The van der Waals surface area contributed by atoms with E-state index in [0.717, 1.165) is 64.2 Å². The van der Waals surface area contributed by atoms with Gasteiger partial charge in [-0.25, -0.2) is 0 Å². The molecule has 0 saturated carbocycles. The molecule has 0 spiro atoms. The van der Waals surface area contributed by atoms with Crippen LogP contribution in [0.2, 0.25) is 0 Å². The molecule has 0 aromatic carbocycles. The summed E-state index contributed by atoms with van der Waals surface area (Å²) in [5.74, 6) is -1.31. The molecule has 4 atom stereocenters. The second kappa shape index (κ2) is 16.9. The van der Waals surface area contributed by atoms with Gasteiger partial charge < -0.3 is 30.6 Å². The zero-order valence-electron chi connectivity index (χ0n) is 16.7. The van der Waals surface area contributed by atoms with Crippen molar-refractivity contribution in [2.45, 2.75) is 108 Å². The minimum absolute atomic E-state index is 0.0938. The Morgan fingerprint density at radius 2 is 1.00 bits per heavy atom. The van der Waals surface area contributed by atoms with Gasteiger partial charge in [-0.3, -0.25) is 9.59 Å². The number of aliphatic carboxylic acids is 1. The van der Waals surface area contributed by atoms with Gasteiger partial charge in [-0.2, -0.15) is 0 Å². The molecule has 0 saturated heterocycles. The summed E-state index contributed by atoms with van der Waals surface area (Å²) < 4.78 is 0. The van der Waals surface area contributed by atoms with Crippen LogP contribution in [-0.4, -0.2) is 73.4 Å². The van der Waals surface area contributed by atoms with Crippen LogP contribution >= 0.6 is 0 Å². The number of carbonyl (C=O) groups is 2. The van der Waals surface area contributed by atoms with Crippen molar-refractivity contribution in [3.63, 3.8) is 0 Å². The van der Waals surface area contributed by atoms with Crippen molar-refractivity contribution in [1.29, 1.82) is 0 Å². The van der Waals surface area contributed by atoms with E-state index in [0.29, 0.717) is 6.42 Å². The molecule has 6 N–H and O–H groups in total. The first-order chi connectivity index (χ1) is 13.3. The average molecular weight is 407 g/mol. The van der Waals surface area contributed by atoms with E-state index in [1.807, 2.05) is 0 Å². The van der Waals surface area contributed by atoms with Gasteiger partial charge in [-0.05, 0) is 12.8 Å². The fourth-order valence-corrected chi connectivity index (χ4v) is 3.03. The number of carboxylic acids is 1. The summed E-state index contributed by atoms with van der Waals surface area (Å²) in [5, 5.41) is 55.4. The number of hydrogen-bond donors (Lipinski definition) is 6. The van der Waals surface area contributed by atoms with Gasteiger partial charge in [0.1, 0.15) is 24.4 Å². The Labute approximate surface area is 167 Å². The highest BCUT2D eigenvalue weighted by Crippen LogP contribution is 2.14. The molecular weight excluding hydrogens is 368 g/mol. The van der Waals surface area contributed by atoms with Crippen molar-refractivity contribution in [1.82, 2.24) is 0 Å². The van der Waals surface area contributed by atoms with Gasteiger partial charge in [0.15, 0.2) is 5.78 Å². The smallest absolute Gasteiger partial charge is 0.303 e. The number of carbonyl (C=O) groups excluding carboxylic acids is 1. The largest absolute Gasteiger partial charge is 0.481 e. The number of rotatable bonds is 19. The molecule has 0 aromatic rings. The van der Waals surface area contributed by atoms with E-state index in [-0.39, 0.29) is 12.8 Å². The SMILES string of the molecule is O=C(O)CCCCCCCCCCCCCC(=O)[C@H](O)[C@@H](O)[C@H](O)[C@H](O)CO. The normalized spacial score (nSPS) is 15.8. The molecule has 0 aliphatic carbocycles. The first kappa shape index (κ1) is 26.9. The maximum atomic E-state index is 11.8. The van der Waals surface area contributed by atoms with Crippen LogP contribution in [0.1, 0.15) is 83.5 Å². The Morgan fingerprint density at radius 1 is 0.607 bits per heavy atom. The highest BCUT2D eigenvalue weighted by Gasteiger charge is 2.33. The van der Waals surface area contributed by atoms with Crippen LogP contribution in [0, 0.1) is 0 Å². The van der Waals surface area contributed by atoms with E-state index in [9.17, 15) is 30.0 Å². The lowest BCUT2D eigenvalue weighted by atomic mass is 9.97. The molecule has 0 amide bonds. The molecule has 8 nitrogen and oxygen atoms in total. The first-order valence-corrected chi connectivity index (χ1v) is 10.4. The van der Waals surface area contributed by atoms with Crippen LogP contribution < -0.4 is 0 Å². The van der Waals surface area contributed by atoms with Gasteiger partial charge in [0, 0.05) is 12.8 Å².